The summed E-state index contributed by atoms with van der Waals surface area (Å²) in [6.07, 6.45) is 6.28. The van der Waals surface area contributed by atoms with Crippen molar-refractivity contribution >= 4 is 14.5 Å². The van der Waals surface area contributed by atoms with E-state index in [1.54, 1.807) is 12.3 Å². The van der Waals surface area contributed by atoms with Crippen molar-refractivity contribution in [3.8, 4) is 5.75 Å². The first-order chi connectivity index (χ1) is 10.3. The molecule has 0 amide bonds. The number of rotatable bonds is 6. The van der Waals surface area contributed by atoms with Gasteiger partial charge in [-0.05, 0) is 70.1 Å². The van der Waals surface area contributed by atoms with Gasteiger partial charge in [-0.2, -0.15) is 0 Å². The average Bonchev–Trinajstić information content (AvgIpc) is 2.90. The molecular weight excluding hydrogens is 297 g/mol. The molecule has 1 aromatic carbocycles. The highest BCUT2D eigenvalue weighted by Crippen LogP contribution is 2.26. The van der Waals surface area contributed by atoms with Gasteiger partial charge in [0.25, 0.3) is 0 Å². The third-order valence-corrected chi connectivity index (χ3v) is 4.19. The lowest BCUT2D eigenvalue weighted by molar-refractivity contribution is 0.209. The molecule has 1 aromatic rings. The normalized spacial score (nSPS) is 16.2. The second-order valence-corrected chi connectivity index (χ2v) is 11.0. The Balaban J connectivity index is 2.11. The summed E-state index contributed by atoms with van der Waals surface area (Å²) in [4.78, 5) is 4.20. The van der Waals surface area contributed by atoms with E-state index in [9.17, 15) is 4.39 Å². The molecule has 0 unspecified atom stereocenters. The van der Waals surface area contributed by atoms with E-state index in [1.165, 1.54) is 25.0 Å². The Morgan fingerprint density at radius 1 is 1.32 bits per heavy atom. The van der Waals surface area contributed by atoms with Crippen LogP contribution in [0.25, 0.3) is 0 Å². The average molecular weight is 321 g/mol. The first-order valence-corrected chi connectivity index (χ1v) is 11.1. The zero-order valence-electron chi connectivity index (χ0n) is 13.6. The summed E-state index contributed by atoms with van der Waals surface area (Å²) in [6, 6.07) is 4.50. The number of hydrogen-bond acceptors (Lipinski definition) is 3. The summed E-state index contributed by atoms with van der Waals surface area (Å²) >= 11 is 0. The van der Waals surface area contributed by atoms with Gasteiger partial charge in [-0.25, -0.2) is 9.38 Å². The first kappa shape index (κ1) is 16.7. The molecule has 1 saturated carbocycles. The maximum Gasteiger partial charge on any atom is 0.244 e. The van der Waals surface area contributed by atoms with E-state index >= 15 is 0 Å². The Hall–Kier alpha value is -1.62. The smallest absolute Gasteiger partial charge is 0.244 e. The molecule has 0 spiro atoms. The maximum atomic E-state index is 13.5. The van der Waals surface area contributed by atoms with Crippen LogP contribution in [0.2, 0.25) is 19.6 Å². The van der Waals surface area contributed by atoms with E-state index in [1.807, 2.05) is 0 Å². The van der Waals surface area contributed by atoms with Crippen LogP contribution in [0, 0.1) is 5.82 Å². The lowest BCUT2D eigenvalue weighted by Gasteiger charge is -2.18. The second-order valence-electron chi connectivity index (χ2n) is 6.57. The van der Waals surface area contributed by atoms with Gasteiger partial charge >= 0.3 is 0 Å². The third-order valence-electron chi connectivity index (χ3n) is 3.34. The Bertz CT molecular complexity index is 560. The molecule has 0 atom stereocenters. The van der Waals surface area contributed by atoms with Gasteiger partial charge in [-0.1, -0.05) is 0 Å². The minimum atomic E-state index is -1.73. The van der Waals surface area contributed by atoms with Gasteiger partial charge in [0.05, 0.1) is 6.10 Å². The van der Waals surface area contributed by atoms with E-state index in [0.717, 1.165) is 12.8 Å². The SMILES string of the molecule is C=C(/N=C/c1cc(F)ccc1OC1CCCC1)O[Si](C)(C)C. The Morgan fingerprint density at radius 2 is 2.00 bits per heavy atom. The van der Waals surface area contributed by atoms with Crippen molar-refractivity contribution in [1.29, 1.82) is 0 Å². The molecule has 0 aliphatic heterocycles. The van der Waals surface area contributed by atoms with Crippen molar-refractivity contribution < 1.29 is 13.6 Å². The molecule has 1 fully saturated rings. The van der Waals surface area contributed by atoms with Gasteiger partial charge in [0.2, 0.25) is 8.32 Å². The minimum Gasteiger partial charge on any atom is -0.532 e. The quantitative estimate of drug-likeness (QED) is 0.424. The van der Waals surface area contributed by atoms with Gasteiger partial charge in [-0.15, -0.1) is 0 Å². The lowest BCUT2D eigenvalue weighted by Crippen LogP contribution is -2.24. The zero-order valence-corrected chi connectivity index (χ0v) is 14.6. The molecular formula is C17H24FNO2Si. The highest BCUT2D eigenvalue weighted by molar-refractivity contribution is 6.70. The summed E-state index contributed by atoms with van der Waals surface area (Å²) in [5, 5.41) is 0. The van der Waals surface area contributed by atoms with E-state index in [0.29, 0.717) is 17.2 Å². The molecule has 3 nitrogen and oxygen atoms in total. The predicted octanol–water partition coefficient (Wildman–Crippen LogP) is 4.89. The van der Waals surface area contributed by atoms with Crippen LogP contribution in [0.15, 0.2) is 35.7 Å². The molecule has 2 rings (SSSR count). The van der Waals surface area contributed by atoms with Crippen molar-refractivity contribution in [2.45, 2.75) is 51.4 Å². The molecule has 120 valence electrons. The van der Waals surface area contributed by atoms with Gasteiger partial charge < -0.3 is 9.16 Å². The fraction of sp³-hybridized carbons (Fsp3) is 0.471. The number of aliphatic imine (C=N–C) groups is 1. The van der Waals surface area contributed by atoms with Crippen LogP contribution in [0.5, 0.6) is 5.75 Å². The van der Waals surface area contributed by atoms with Gasteiger partial charge in [0.15, 0.2) is 5.88 Å². The summed E-state index contributed by atoms with van der Waals surface area (Å²) in [6.45, 7) is 9.97. The Morgan fingerprint density at radius 3 is 2.64 bits per heavy atom. The largest absolute Gasteiger partial charge is 0.532 e. The molecule has 0 heterocycles. The minimum absolute atomic E-state index is 0.221. The van der Waals surface area contributed by atoms with Gasteiger partial charge in [-0.3, -0.25) is 0 Å². The fourth-order valence-corrected chi connectivity index (χ4v) is 3.19. The molecule has 0 aromatic heterocycles. The van der Waals surface area contributed by atoms with Crippen molar-refractivity contribution in [3.63, 3.8) is 0 Å². The third kappa shape index (κ3) is 5.29. The van der Waals surface area contributed by atoms with Crippen molar-refractivity contribution in [2.75, 3.05) is 0 Å². The van der Waals surface area contributed by atoms with Crippen LogP contribution in [-0.2, 0) is 4.43 Å². The highest BCUT2D eigenvalue weighted by Gasteiger charge is 2.18. The number of hydrogen-bond donors (Lipinski definition) is 0. The molecule has 0 N–H and O–H groups in total. The second kappa shape index (κ2) is 7.09. The standard InChI is InChI=1S/C17H24FNO2Si/c1-13(21-22(2,3)4)19-12-14-11-15(18)9-10-17(14)20-16-7-5-6-8-16/h9-12,16H,1,5-8H2,2-4H3/b19-12+. The number of benzene rings is 1. The molecule has 5 heteroatoms. The van der Waals surface area contributed by atoms with Crippen LogP contribution in [0.1, 0.15) is 31.2 Å². The van der Waals surface area contributed by atoms with Crippen molar-refractivity contribution in [3.05, 3.63) is 42.0 Å². The van der Waals surface area contributed by atoms with Crippen molar-refractivity contribution in [2.24, 2.45) is 4.99 Å². The van der Waals surface area contributed by atoms with E-state index in [4.69, 9.17) is 9.16 Å². The van der Waals surface area contributed by atoms with E-state index < -0.39 is 8.32 Å². The summed E-state index contributed by atoms with van der Waals surface area (Å²) in [5.41, 5.74) is 0.618. The fourth-order valence-electron chi connectivity index (χ4n) is 2.43. The van der Waals surface area contributed by atoms with Crippen LogP contribution in [-0.4, -0.2) is 20.6 Å². The Labute approximate surface area is 133 Å². The van der Waals surface area contributed by atoms with E-state index in [-0.39, 0.29) is 11.9 Å². The molecule has 0 saturated heterocycles. The molecule has 22 heavy (non-hydrogen) atoms. The highest BCUT2D eigenvalue weighted by atomic mass is 28.4. The van der Waals surface area contributed by atoms with Crippen LogP contribution in [0.3, 0.4) is 0 Å². The van der Waals surface area contributed by atoms with E-state index in [2.05, 4.69) is 31.2 Å². The van der Waals surface area contributed by atoms with Crippen LogP contribution < -0.4 is 4.74 Å². The maximum absolute atomic E-state index is 13.5. The zero-order chi connectivity index (χ0) is 16.2. The molecule has 1 aliphatic carbocycles. The van der Waals surface area contributed by atoms with Crippen LogP contribution in [0.4, 0.5) is 4.39 Å². The predicted molar refractivity (Wildman–Crippen MR) is 90.4 cm³/mol. The van der Waals surface area contributed by atoms with Crippen molar-refractivity contribution in [1.82, 2.24) is 0 Å². The summed E-state index contributed by atoms with van der Waals surface area (Å²) < 4.78 is 25.1. The number of ether oxygens (including phenoxy) is 1. The molecule has 0 bridgehead atoms. The Kier molecular flexibility index (Phi) is 5.40. The lowest BCUT2D eigenvalue weighted by atomic mass is 10.2. The van der Waals surface area contributed by atoms with Gasteiger partial charge in [0.1, 0.15) is 11.6 Å². The first-order valence-electron chi connectivity index (χ1n) is 7.72. The van der Waals surface area contributed by atoms with Crippen LogP contribution >= 0.6 is 0 Å². The summed E-state index contributed by atoms with van der Waals surface area (Å²) in [5.74, 6) is 0.713. The summed E-state index contributed by atoms with van der Waals surface area (Å²) in [7, 11) is -1.73. The topological polar surface area (TPSA) is 30.8 Å². The monoisotopic (exact) mass is 321 g/mol. The molecule has 1 aliphatic rings. The number of halogens is 1. The molecule has 0 radical (unpaired) electrons. The van der Waals surface area contributed by atoms with Gasteiger partial charge in [0, 0.05) is 11.8 Å². The number of nitrogens with zero attached hydrogens (tertiary/aromatic N) is 1.